The zero-order valence-corrected chi connectivity index (χ0v) is 11.0. The van der Waals surface area contributed by atoms with E-state index < -0.39 is 4.92 Å². The first-order valence-electron chi connectivity index (χ1n) is 6.44. The zero-order valence-electron chi connectivity index (χ0n) is 11.0. The van der Waals surface area contributed by atoms with Gasteiger partial charge in [-0.25, -0.2) is 4.99 Å². The van der Waals surface area contributed by atoms with Crippen molar-refractivity contribution < 1.29 is 4.92 Å². The van der Waals surface area contributed by atoms with Crippen LogP contribution in [0.2, 0.25) is 0 Å². The van der Waals surface area contributed by atoms with Crippen LogP contribution in [-0.2, 0) is 0 Å². The van der Waals surface area contributed by atoms with Gasteiger partial charge in [0, 0.05) is 25.2 Å². The van der Waals surface area contributed by atoms with E-state index in [0.29, 0.717) is 11.6 Å². The molecule has 1 aromatic carbocycles. The summed E-state index contributed by atoms with van der Waals surface area (Å²) in [5, 5.41) is 22.0. The maximum absolute atomic E-state index is 10.6. The minimum atomic E-state index is -0.452. The Bertz CT molecular complexity index is 541. The van der Waals surface area contributed by atoms with E-state index in [-0.39, 0.29) is 5.69 Å². The number of nitriles is 1. The van der Waals surface area contributed by atoms with Crippen LogP contribution >= 0.6 is 0 Å². The summed E-state index contributed by atoms with van der Waals surface area (Å²) in [6, 6.07) is 5.94. The quantitative estimate of drug-likeness (QED) is 0.222. The fourth-order valence-corrected chi connectivity index (χ4v) is 2.10. The summed E-state index contributed by atoms with van der Waals surface area (Å²) in [6.07, 6.45) is 5.22. The number of nitrogens with zero attached hydrogens (tertiary/aromatic N) is 4. The molecule has 1 aromatic rings. The summed E-state index contributed by atoms with van der Waals surface area (Å²) in [7, 11) is 0. The first-order chi connectivity index (χ1) is 9.70. The standard InChI is InChI=1S/C13H15N5O2/c14-10-15-13(17-8-2-1-3-9-17)16-11-4-6-12(7-5-11)18(19)20/h4-7H,1-3,8-9H2,(H,15,16). The Labute approximate surface area is 116 Å². The van der Waals surface area contributed by atoms with Crippen LogP contribution in [0.4, 0.5) is 11.4 Å². The van der Waals surface area contributed by atoms with Crippen LogP contribution in [0, 0.1) is 21.6 Å². The van der Waals surface area contributed by atoms with Gasteiger partial charge in [0.25, 0.3) is 5.69 Å². The van der Waals surface area contributed by atoms with Gasteiger partial charge in [0.1, 0.15) is 0 Å². The van der Waals surface area contributed by atoms with Gasteiger partial charge >= 0.3 is 0 Å². The number of benzene rings is 1. The van der Waals surface area contributed by atoms with Crippen LogP contribution in [0.15, 0.2) is 29.3 Å². The molecule has 1 aliphatic heterocycles. The van der Waals surface area contributed by atoms with Crippen LogP contribution in [0.5, 0.6) is 0 Å². The molecule has 0 atom stereocenters. The fraction of sp³-hybridized carbons (Fsp3) is 0.385. The largest absolute Gasteiger partial charge is 0.342 e. The molecule has 0 radical (unpaired) electrons. The lowest BCUT2D eigenvalue weighted by atomic mass is 10.1. The molecular weight excluding hydrogens is 258 g/mol. The summed E-state index contributed by atoms with van der Waals surface area (Å²) < 4.78 is 0. The van der Waals surface area contributed by atoms with Crippen molar-refractivity contribution in [1.29, 1.82) is 5.26 Å². The molecule has 0 aliphatic carbocycles. The highest BCUT2D eigenvalue weighted by Crippen LogP contribution is 2.19. The second kappa shape index (κ2) is 6.52. The van der Waals surface area contributed by atoms with E-state index in [2.05, 4.69) is 10.3 Å². The average molecular weight is 273 g/mol. The van der Waals surface area contributed by atoms with Crippen molar-refractivity contribution in [2.75, 3.05) is 13.1 Å². The lowest BCUT2D eigenvalue weighted by molar-refractivity contribution is -0.384. The molecule has 7 nitrogen and oxygen atoms in total. The molecule has 1 heterocycles. The van der Waals surface area contributed by atoms with E-state index in [1.54, 1.807) is 12.1 Å². The molecule has 2 rings (SSSR count). The van der Waals surface area contributed by atoms with Gasteiger partial charge in [0.05, 0.1) is 10.6 Å². The predicted molar refractivity (Wildman–Crippen MR) is 74.4 cm³/mol. The van der Waals surface area contributed by atoms with Gasteiger partial charge in [-0.05, 0) is 31.4 Å². The normalized spacial score (nSPS) is 15.6. The van der Waals surface area contributed by atoms with Gasteiger partial charge in [-0.3, -0.25) is 15.4 Å². The van der Waals surface area contributed by atoms with Crippen molar-refractivity contribution in [2.24, 2.45) is 4.99 Å². The number of hydrogen-bond donors (Lipinski definition) is 1. The Morgan fingerprint density at radius 1 is 1.30 bits per heavy atom. The molecule has 104 valence electrons. The third-order valence-corrected chi connectivity index (χ3v) is 3.12. The van der Waals surface area contributed by atoms with E-state index in [4.69, 9.17) is 5.26 Å². The molecule has 0 amide bonds. The monoisotopic (exact) mass is 273 g/mol. The second-order valence-corrected chi connectivity index (χ2v) is 4.49. The third-order valence-electron chi connectivity index (χ3n) is 3.12. The van der Waals surface area contributed by atoms with Crippen molar-refractivity contribution in [2.45, 2.75) is 19.3 Å². The Balaban J connectivity index is 2.19. The van der Waals surface area contributed by atoms with Crippen molar-refractivity contribution in [3.05, 3.63) is 34.4 Å². The van der Waals surface area contributed by atoms with Gasteiger partial charge in [0.2, 0.25) is 5.96 Å². The summed E-state index contributed by atoms with van der Waals surface area (Å²) >= 11 is 0. The molecule has 0 saturated carbocycles. The van der Waals surface area contributed by atoms with E-state index in [1.165, 1.54) is 18.6 Å². The van der Waals surface area contributed by atoms with Crippen LogP contribution < -0.4 is 5.32 Å². The average Bonchev–Trinajstić information content (AvgIpc) is 2.48. The van der Waals surface area contributed by atoms with Gasteiger partial charge in [0.15, 0.2) is 6.19 Å². The zero-order chi connectivity index (χ0) is 14.4. The first kappa shape index (κ1) is 13.8. The highest BCUT2D eigenvalue weighted by Gasteiger charge is 2.15. The van der Waals surface area contributed by atoms with E-state index in [0.717, 1.165) is 25.9 Å². The third kappa shape index (κ3) is 3.45. The van der Waals surface area contributed by atoms with E-state index in [1.807, 2.05) is 11.1 Å². The van der Waals surface area contributed by atoms with Crippen LogP contribution in [0.25, 0.3) is 0 Å². The SMILES string of the molecule is N#CNC(=Nc1ccc([N+](=O)[O-])cc1)N1CCCCC1. The minimum Gasteiger partial charge on any atom is -0.342 e. The predicted octanol–water partition coefficient (Wildman–Crippen LogP) is 2.14. The number of non-ortho nitro benzene ring substituents is 1. The molecule has 20 heavy (non-hydrogen) atoms. The van der Waals surface area contributed by atoms with Gasteiger partial charge in [-0.2, -0.15) is 5.26 Å². The molecule has 1 aliphatic rings. The first-order valence-corrected chi connectivity index (χ1v) is 6.44. The second-order valence-electron chi connectivity index (χ2n) is 4.49. The molecule has 1 saturated heterocycles. The number of rotatable bonds is 2. The van der Waals surface area contributed by atoms with Crippen LogP contribution in [0.3, 0.4) is 0 Å². The number of hydrogen-bond acceptors (Lipinski definition) is 4. The number of nitro benzene ring substituents is 1. The number of guanidine groups is 1. The Kier molecular flexibility index (Phi) is 4.50. The lowest BCUT2D eigenvalue weighted by Gasteiger charge is -2.28. The van der Waals surface area contributed by atoms with Crippen molar-refractivity contribution in [1.82, 2.24) is 10.2 Å². The summed E-state index contributed by atoms with van der Waals surface area (Å²) in [5.41, 5.74) is 0.607. The number of piperidine rings is 1. The number of aliphatic imine (C=N–C) groups is 1. The Morgan fingerprint density at radius 2 is 1.95 bits per heavy atom. The van der Waals surface area contributed by atoms with Gasteiger partial charge < -0.3 is 4.90 Å². The molecule has 0 aromatic heterocycles. The van der Waals surface area contributed by atoms with Gasteiger partial charge in [-0.1, -0.05) is 0 Å². The van der Waals surface area contributed by atoms with Gasteiger partial charge in [-0.15, -0.1) is 0 Å². The molecule has 1 fully saturated rings. The van der Waals surface area contributed by atoms with Crippen LogP contribution in [0.1, 0.15) is 19.3 Å². The highest BCUT2D eigenvalue weighted by atomic mass is 16.6. The summed E-state index contributed by atoms with van der Waals surface area (Å²) in [4.78, 5) is 16.5. The molecular formula is C13H15N5O2. The Hall–Kier alpha value is -2.62. The van der Waals surface area contributed by atoms with Crippen molar-refractivity contribution in [3.63, 3.8) is 0 Å². The topological polar surface area (TPSA) is 94.6 Å². The molecule has 0 spiro atoms. The molecule has 0 unspecified atom stereocenters. The van der Waals surface area contributed by atoms with Crippen LogP contribution in [-0.4, -0.2) is 28.9 Å². The summed E-state index contributed by atoms with van der Waals surface area (Å²) in [6.45, 7) is 1.72. The smallest absolute Gasteiger partial charge is 0.269 e. The number of nitrogens with one attached hydrogen (secondary N) is 1. The minimum absolute atomic E-state index is 0.0247. The summed E-state index contributed by atoms with van der Waals surface area (Å²) in [5.74, 6) is 0.501. The maximum atomic E-state index is 10.6. The van der Waals surface area contributed by atoms with Crippen molar-refractivity contribution >= 4 is 17.3 Å². The van der Waals surface area contributed by atoms with Crippen molar-refractivity contribution in [3.8, 4) is 6.19 Å². The van der Waals surface area contributed by atoms with E-state index in [9.17, 15) is 10.1 Å². The lowest BCUT2D eigenvalue weighted by Crippen LogP contribution is -2.42. The maximum Gasteiger partial charge on any atom is 0.269 e. The molecule has 7 heteroatoms. The Morgan fingerprint density at radius 3 is 2.50 bits per heavy atom. The molecule has 0 bridgehead atoms. The number of likely N-dealkylation sites (tertiary alicyclic amines) is 1. The highest BCUT2D eigenvalue weighted by molar-refractivity contribution is 5.84. The fourth-order valence-electron chi connectivity index (χ4n) is 2.10. The van der Waals surface area contributed by atoms with E-state index >= 15 is 0 Å². The molecule has 1 N–H and O–H groups in total. The number of nitro groups is 1.